The number of aryl methyl sites for hydroxylation is 1. The topological polar surface area (TPSA) is 32.3 Å². The summed E-state index contributed by atoms with van der Waals surface area (Å²) in [6.45, 7) is 7.32. The Kier molecular flexibility index (Phi) is 5.46. The monoisotopic (exact) mass is 285 g/mol. The van der Waals surface area contributed by atoms with E-state index in [-0.39, 0.29) is 12.6 Å². The van der Waals surface area contributed by atoms with Crippen LogP contribution in [0, 0.1) is 12.8 Å². The predicted molar refractivity (Wildman–Crippen MR) is 71.4 cm³/mol. The Morgan fingerprint density at radius 1 is 1.38 bits per heavy atom. The third-order valence-corrected chi connectivity index (χ3v) is 3.35. The number of aliphatic hydroxyl groups excluding tert-OH is 1. The molecule has 0 fully saturated rings. The van der Waals surface area contributed by atoms with Crippen LogP contribution in [0.25, 0.3) is 0 Å². The quantitative estimate of drug-likeness (QED) is 0.872. The van der Waals surface area contributed by atoms with Gasteiger partial charge < -0.3 is 10.4 Å². The molecule has 0 aliphatic heterocycles. The molecule has 0 heterocycles. The number of benzene rings is 1. The van der Waals surface area contributed by atoms with Gasteiger partial charge in [0.25, 0.3) is 0 Å². The fraction of sp³-hybridized carbons (Fsp3) is 0.538. The van der Waals surface area contributed by atoms with Gasteiger partial charge in [-0.3, -0.25) is 0 Å². The van der Waals surface area contributed by atoms with E-state index in [2.05, 4.69) is 54.2 Å². The van der Waals surface area contributed by atoms with Gasteiger partial charge in [0, 0.05) is 17.1 Å². The summed E-state index contributed by atoms with van der Waals surface area (Å²) in [6.07, 6.45) is 0. The largest absolute Gasteiger partial charge is 0.395 e. The van der Waals surface area contributed by atoms with Crippen molar-refractivity contribution in [1.82, 2.24) is 5.32 Å². The third-order valence-electron chi connectivity index (χ3n) is 2.86. The molecule has 0 amide bonds. The van der Waals surface area contributed by atoms with Crippen molar-refractivity contribution in [1.29, 1.82) is 0 Å². The highest BCUT2D eigenvalue weighted by Crippen LogP contribution is 2.16. The number of aliphatic hydroxyl groups is 1. The molecule has 1 rings (SSSR count). The van der Waals surface area contributed by atoms with Crippen molar-refractivity contribution in [3.8, 4) is 0 Å². The molecule has 2 nitrogen and oxygen atoms in total. The average Bonchev–Trinajstić information content (AvgIpc) is 2.21. The van der Waals surface area contributed by atoms with E-state index in [9.17, 15) is 5.11 Å². The first kappa shape index (κ1) is 13.7. The second-order valence-electron chi connectivity index (χ2n) is 4.48. The van der Waals surface area contributed by atoms with E-state index in [0.717, 1.165) is 11.0 Å². The Morgan fingerprint density at radius 3 is 2.56 bits per heavy atom. The Balaban J connectivity index is 2.60. The molecule has 90 valence electrons. The van der Waals surface area contributed by atoms with Gasteiger partial charge in [-0.1, -0.05) is 35.8 Å². The maximum absolute atomic E-state index is 9.22. The van der Waals surface area contributed by atoms with Crippen molar-refractivity contribution in [2.45, 2.75) is 33.4 Å². The molecule has 3 heteroatoms. The highest BCUT2D eigenvalue weighted by molar-refractivity contribution is 9.10. The van der Waals surface area contributed by atoms with E-state index in [1.54, 1.807) is 0 Å². The van der Waals surface area contributed by atoms with Gasteiger partial charge in [-0.25, -0.2) is 0 Å². The van der Waals surface area contributed by atoms with Crippen LogP contribution in [0.15, 0.2) is 22.7 Å². The minimum atomic E-state index is 0.169. The highest BCUT2D eigenvalue weighted by atomic mass is 79.9. The van der Waals surface area contributed by atoms with Crippen LogP contribution in [0.4, 0.5) is 0 Å². The summed E-state index contributed by atoms with van der Waals surface area (Å²) in [5, 5.41) is 12.6. The molecule has 1 aromatic rings. The van der Waals surface area contributed by atoms with Gasteiger partial charge in [-0.05, 0) is 36.1 Å². The summed E-state index contributed by atoms with van der Waals surface area (Å²) in [7, 11) is 0. The van der Waals surface area contributed by atoms with Crippen LogP contribution in [0.2, 0.25) is 0 Å². The summed E-state index contributed by atoms with van der Waals surface area (Å²) >= 11 is 3.45. The first-order chi connectivity index (χ1) is 7.54. The van der Waals surface area contributed by atoms with Gasteiger partial charge in [-0.15, -0.1) is 0 Å². The van der Waals surface area contributed by atoms with Gasteiger partial charge >= 0.3 is 0 Å². The third kappa shape index (κ3) is 3.89. The Bertz CT molecular complexity index is 339. The van der Waals surface area contributed by atoms with Gasteiger partial charge in [-0.2, -0.15) is 0 Å². The maximum atomic E-state index is 9.22. The van der Waals surface area contributed by atoms with Crippen molar-refractivity contribution >= 4 is 15.9 Å². The van der Waals surface area contributed by atoms with Crippen molar-refractivity contribution in [3.05, 3.63) is 33.8 Å². The normalized spacial score (nSPS) is 13.1. The maximum Gasteiger partial charge on any atom is 0.0587 e. The van der Waals surface area contributed by atoms with Crippen molar-refractivity contribution in [2.24, 2.45) is 5.92 Å². The molecule has 0 spiro atoms. The molecule has 0 radical (unpaired) electrons. The fourth-order valence-electron chi connectivity index (χ4n) is 1.61. The zero-order chi connectivity index (χ0) is 12.1. The lowest BCUT2D eigenvalue weighted by molar-refractivity contribution is 0.210. The van der Waals surface area contributed by atoms with Gasteiger partial charge in [0.15, 0.2) is 0 Å². The Morgan fingerprint density at radius 2 is 2.06 bits per heavy atom. The highest BCUT2D eigenvalue weighted by Gasteiger charge is 2.11. The number of hydrogen-bond donors (Lipinski definition) is 2. The molecule has 0 saturated carbocycles. The minimum Gasteiger partial charge on any atom is -0.395 e. The first-order valence-electron chi connectivity index (χ1n) is 5.64. The zero-order valence-corrected chi connectivity index (χ0v) is 11.7. The molecule has 1 atom stereocenters. The van der Waals surface area contributed by atoms with Crippen LogP contribution in [-0.4, -0.2) is 17.8 Å². The van der Waals surface area contributed by atoms with Gasteiger partial charge in [0.2, 0.25) is 0 Å². The van der Waals surface area contributed by atoms with Crippen molar-refractivity contribution in [3.63, 3.8) is 0 Å². The van der Waals surface area contributed by atoms with E-state index < -0.39 is 0 Å². The Hall–Kier alpha value is -0.380. The number of nitrogens with one attached hydrogen (secondary N) is 1. The van der Waals surface area contributed by atoms with Crippen molar-refractivity contribution in [2.75, 3.05) is 6.61 Å². The predicted octanol–water partition coefficient (Wildman–Crippen LogP) is 2.86. The molecule has 16 heavy (non-hydrogen) atoms. The van der Waals surface area contributed by atoms with E-state index in [1.807, 2.05) is 6.07 Å². The summed E-state index contributed by atoms with van der Waals surface area (Å²) in [4.78, 5) is 0. The zero-order valence-electron chi connectivity index (χ0n) is 10.1. The van der Waals surface area contributed by atoms with Crippen LogP contribution in [0.1, 0.15) is 25.0 Å². The molecule has 0 bridgehead atoms. The first-order valence-corrected chi connectivity index (χ1v) is 6.43. The van der Waals surface area contributed by atoms with Crippen LogP contribution < -0.4 is 5.32 Å². The second kappa shape index (κ2) is 6.38. The number of hydrogen-bond acceptors (Lipinski definition) is 2. The molecular formula is C13H20BrNO. The lowest BCUT2D eigenvalue weighted by Gasteiger charge is -2.20. The standard InChI is InChI=1S/C13H20BrNO/c1-9(2)13(8-16)15-7-11-4-5-12(14)6-10(11)3/h4-6,9,13,15-16H,7-8H2,1-3H3/t13-/m1/s1. The SMILES string of the molecule is Cc1cc(Br)ccc1CN[C@H](CO)C(C)C. The Labute approximate surface area is 106 Å². The summed E-state index contributed by atoms with van der Waals surface area (Å²) < 4.78 is 1.11. The second-order valence-corrected chi connectivity index (χ2v) is 5.40. The van der Waals surface area contributed by atoms with Crippen LogP contribution in [0.3, 0.4) is 0 Å². The van der Waals surface area contributed by atoms with Crippen molar-refractivity contribution < 1.29 is 5.11 Å². The van der Waals surface area contributed by atoms with Gasteiger partial charge in [0.1, 0.15) is 0 Å². The molecule has 0 aliphatic rings. The average molecular weight is 286 g/mol. The number of halogens is 1. The molecule has 2 N–H and O–H groups in total. The van der Waals surface area contributed by atoms with E-state index in [0.29, 0.717) is 5.92 Å². The molecule has 0 aliphatic carbocycles. The van der Waals surface area contributed by atoms with E-state index in [4.69, 9.17) is 0 Å². The molecule has 0 unspecified atom stereocenters. The van der Waals surface area contributed by atoms with Crippen LogP contribution >= 0.6 is 15.9 Å². The summed E-state index contributed by atoms with van der Waals surface area (Å²) in [5.74, 6) is 0.445. The molecule has 1 aromatic carbocycles. The fourth-order valence-corrected chi connectivity index (χ4v) is 2.09. The van der Waals surface area contributed by atoms with E-state index >= 15 is 0 Å². The van der Waals surface area contributed by atoms with Crippen LogP contribution in [-0.2, 0) is 6.54 Å². The van der Waals surface area contributed by atoms with E-state index in [1.165, 1.54) is 11.1 Å². The number of rotatable bonds is 5. The molecular weight excluding hydrogens is 266 g/mol. The van der Waals surface area contributed by atoms with Gasteiger partial charge in [0.05, 0.1) is 6.61 Å². The molecule has 0 saturated heterocycles. The molecule has 0 aromatic heterocycles. The summed E-state index contributed by atoms with van der Waals surface area (Å²) in [6, 6.07) is 6.44. The lowest BCUT2D eigenvalue weighted by Crippen LogP contribution is -2.36. The smallest absolute Gasteiger partial charge is 0.0587 e. The van der Waals surface area contributed by atoms with Crippen LogP contribution in [0.5, 0.6) is 0 Å². The lowest BCUT2D eigenvalue weighted by atomic mass is 10.0. The summed E-state index contributed by atoms with van der Waals surface area (Å²) in [5.41, 5.74) is 2.55. The minimum absolute atomic E-state index is 0.169.